The number of carbonyl (C=O) groups is 1. The molecule has 4 heteroatoms. The van der Waals surface area contributed by atoms with Gasteiger partial charge in [0.25, 0.3) is 5.91 Å². The Balaban J connectivity index is 1.99. The van der Waals surface area contributed by atoms with Crippen LogP contribution in [-0.4, -0.2) is 12.5 Å². The van der Waals surface area contributed by atoms with Gasteiger partial charge in [-0.3, -0.25) is 4.79 Å². The summed E-state index contributed by atoms with van der Waals surface area (Å²) in [6, 6.07) is 13.5. The Morgan fingerprint density at radius 3 is 2.48 bits per heavy atom. The van der Waals surface area contributed by atoms with Crippen LogP contribution in [-0.2, 0) is 13.0 Å². The molecule has 0 aliphatic rings. The average molecular weight is 303 g/mol. The zero-order valence-corrected chi connectivity index (χ0v) is 12.8. The predicted octanol–water partition coefficient (Wildman–Crippen LogP) is 3.08. The number of rotatable bonds is 5. The Morgan fingerprint density at radius 2 is 1.81 bits per heavy atom. The van der Waals surface area contributed by atoms with Crippen molar-refractivity contribution >= 4 is 17.5 Å². The van der Waals surface area contributed by atoms with Gasteiger partial charge in [-0.05, 0) is 42.6 Å². The summed E-state index contributed by atoms with van der Waals surface area (Å²) in [5, 5.41) is 3.39. The second kappa shape index (κ2) is 7.25. The average Bonchev–Trinajstić information content (AvgIpc) is 2.49. The van der Waals surface area contributed by atoms with Gasteiger partial charge in [-0.1, -0.05) is 48.0 Å². The molecule has 21 heavy (non-hydrogen) atoms. The van der Waals surface area contributed by atoms with Gasteiger partial charge in [0.2, 0.25) is 0 Å². The van der Waals surface area contributed by atoms with E-state index in [1.807, 2.05) is 43.3 Å². The van der Waals surface area contributed by atoms with Crippen molar-refractivity contribution in [1.29, 1.82) is 0 Å². The first kappa shape index (κ1) is 15.5. The van der Waals surface area contributed by atoms with Crippen LogP contribution in [0, 0.1) is 6.92 Å². The quantitative estimate of drug-likeness (QED) is 0.892. The largest absolute Gasteiger partial charge is 0.348 e. The fraction of sp³-hybridized carbons (Fsp3) is 0.235. The van der Waals surface area contributed by atoms with Crippen LogP contribution < -0.4 is 11.1 Å². The van der Waals surface area contributed by atoms with Crippen molar-refractivity contribution in [2.75, 3.05) is 6.54 Å². The lowest BCUT2D eigenvalue weighted by Gasteiger charge is -2.09. The summed E-state index contributed by atoms with van der Waals surface area (Å²) in [6.45, 7) is 3.00. The molecule has 2 rings (SSSR count). The van der Waals surface area contributed by atoms with E-state index in [9.17, 15) is 4.79 Å². The van der Waals surface area contributed by atoms with Crippen LogP contribution in [0.15, 0.2) is 42.5 Å². The van der Waals surface area contributed by atoms with Crippen molar-refractivity contribution in [3.63, 3.8) is 0 Å². The summed E-state index contributed by atoms with van der Waals surface area (Å²) in [6.07, 6.45) is 0.867. The number of hydrogen-bond acceptors (Lipinski definition) is 2. The lowest BCUT2D eigenvalue weighted by atomic mass is 10.1. The van der Waals surface area contributed by atoms with Crippen LogP contribution >= 0.6 is 11.6 Å². The monoisotopic (exact) mass is 302 g/mol. The molecule has 2 aromatic carbocycles. The number of amides is 1. The minimum absolute atomic E-state index is 0.158. The zero-order valence-electron chi connectivity index (χ0n) is 12.0. The second-order valence-corrected chi connectivity index (χ2v) is 5.35. The number of benzene rings is 2. The van der Waals surface area contributed by atoms with Crippen molar-refractivity contribution in [3.8, 4) is 0 Å². The normalized spacial score (nSPS) is 10.4. The summed E-state index contributed by atoms with van der Waals surface area (Å²) < 4.78 is 0. The summed E-state index contributed by atoms with van der Waals surface area (Å²) in [5.41, 5.74) is 9.18. The fourth-order valence-corrected chi connectivity index (χ4v) is 2.30. The topological polar surface area (TPSA) is 55.1 Å². The number of carbonyl (C=O) groups excluding carboxylic acids is 1. The highest BCUT2D eigenvalue weighted by atomic mass is 35.5. The van der Waals surface area contributed by atoms with Crippen molar-refractivity contribution < 1.29 is 4.79 Å². The molecular formula is C17H19ClN2O. The highest BCUT2D eigenvalue weighted by molar-refractivity contribution is 6.34. The standard InChI is InChI=1S/C17H19ClN2O/c1-12-3-2-4-15(16(12)18)17(21)20-11-14-7-5-13(6-8-14)9-10-19/h2-8H,9-11,19H2,1H3,(H,20,21). The molecule has 0 heterocycles. The number of aryl methyl sites for hydroxylation is 1. The van der Waals surface area contributed by atoms with Gasteiger partial charge in [-0.2, -0.15) is 0 Å². The molecule has 0 aliphatic carbocycles. The lowest BCUT2D eigenvalue weighted by Crippen LogP contribution is -2.23. The Morgan fingerprint density at radius 1 is 1.14 bits per heavy atom. The molecule has 0 atom stereocenters. The van der Waals surface area contributed by atoms with E-state index in [1.54, 1.807) is 6.07 Å². The van der Waals surface area contributed by atoms with E-state index < -0.39 is 0 Å². The smallest absolute Gasteiger partial charge is 0.253 e. The maximum absolute atomic E-state index is 12.1. The first-order valence-corrected chi connectivity index (χ1v) is 7.31. The van der Waals surface area contributed by atoms with Crippen LogP contribution in [0.25, 0.3) is 0 Å². The van der Waals surface area contributed by atoms with Crippen LogP contribution in [0.3, 0.4) is 0 Å². The molecule has 0 aromatic heterocycles. The summed E-state index contributed by atoms with van der Waals surface area (Å²) in [4.78, 5) is 12.1. The van der Waals surface area contributed by atoms with Gasteiger partial charge in [0, 0.05) is 6.54 Å². The second-order valence-electron chi connectivity index (χ2n) is 4.97. The van der Waals surface area contributed by atoms with Gasteiger partial charge in [0.1, 0.15) is 0 Å². The molecule has 0 radical (unpaired) electrons. The maximum Gasteiger partial charge on any atom is 0.253 e. The van der Waals surface area contributed by atoms with Crippen LogP contribution in [0.4, 0.5) is 0 Å². The molecule has 0 fully saturated rings. The van der Waals surface area contributed by atoms with E-state index in [0.29, 0.717) is 23.7 Å². The summed E-state index contributed by atoms with van der Waals surface area (Å²) in [5.74, 6) is -0.158. The molecule has 1 amide bonds. The molecule has 2 aromatic rings. The van der Waals surface area contributed by atoms with E-state index >= 15 is 0 Å². The van der Waals surface area contributed by atoms with Crippen molar-refractivity contribution in [2.24, 2.45) is 5.73 Å². The first-order valence-electron chi connectivity index (χ1n) is 6.93. The number of hydrogen-bond donors (Lipinski definition) is 2. The molecule has 3 nitrogen and oxygen atoms in total. The number of halogens is 1. The van der Waals surface area contributed by atoms with E-state index in [4.69, 9.17) is 17.3 Å². The summed E-state index contributed by atoms with van der Waals surface area (Å²) in [7, 11) is 0. The van der Waals surface area contributed by atoms with Crippen molar-refractivity contribution in [2.45, 2.75) is 19.9 Å². The predicted molar refractivity (Wildman–Crippen MR) is 86.6 cm³/mol. The fourth-order valence-electron chi connectivity index (χ4n) is 2.09. The zero-order chi connectivity index (χ0) is 15.2. The van der Waals surface area contributed by atoms with Crippen LogP contribution in [0.2, 0.25) is 5.02 Å². The van der Waals surface area contributed by atoms with Gasteiger partial charge in [0.15, 0.2) is 0 Å². The summed E-state index contributed by atoms with van der Waals surface area (Å²) >= 11 is 6.15. The lowest BCUT2D eigenvalue weighted by molar-refractivity contribution is 0.0951. The van der Waals surface area contributed by atoms with E-state index in [2.05, 4.69) is 5.32 Å². The molecular weight excluding hydrogens is 284 g/mol. The van der Waals surface area contributed by atoms with Crippen molar-refractivity contribution in [3.05, 3.63) is 69.7 Å². The highest BCUT2D eigenvalue weighted by Crippen LogP contribution is 2.20. The third-order valence-electron chi connectivity index (χ3n) is 3.35. The van der Waals surface area contributed by atoms with Gasteiger partial charge in [0.05, 0.1) is 10.6 Å². The highest BCUT2D eigenvalue weighted by Gasteiger charge is 2.11. The molecule has 0 spiro atoms. The molecule has 0 aliphatic heterocycles. The molecule has 0 bridgehead atoms. The minimum Gasteiger partial charge on any atom is -0.348 e. The third kappa shape index (κ3) is 4.06. The van der Waals surface area contributed by atoms with E-state index in [1.165, 1.54) is 5.56 Å². The molecule has 3 N–H and O–H groups in total. The maximum atomic E-state index is 12.1. The Kier molecular flexibility index (Phi) is 5.37. The molecule has 110 valence electrons. The van der Waals surface area contributed by atoms with E-state index in [-0.39, 0.29) is 5.91 Å². The third-order valence-corrected chi connectivity index (χ3v) is 3.85. The van der Waals surface area contributed by atoms with E-state index in [0.717, 1.165) is 17.5 Å². The van der Waals surface area contributed by atoms with Crippen molar-refractivity contribution in [1.82, 2.24) is 5.32 Å². The Labute approximate surface area is 130 Å². The van der Waals surface area contributed by atoms with Gasteiger partial charge >= 0.3 is 0 Å². The van der Waals surface area contributed by atoms with Crippen LogP contribution in [0.1, 0.15) is 27.0 Å². The van der Waals surface area contributed by atoms with Gasteiger partial charge < -0.3 is 11.1 Å². The molecule has 0 unspecified atom stereocenters. The SMILES string of the molecule is Cc1cccc(C(=O)NCc2ccc(CCN)cc2)c1Cl. The van der Waals surface area contributed by atoms with Crippen LogP contribution in [0.5, 0.6) is 0 Å². The van der Waals surface area contributed by atoms with Gasteiger partial charge in [-0.25, -0.2) is 0 Å². The first-order chi connectivity index (χ1) is 10.1. The Hall–Kier alpha value is -1.84. The number of nitrogens with two attached hydrogens (primary N) is 1. The molecule has 0 saturated heterocycles. The Bertz CT molecular complexity index is 623. The molecule has 0 saturated carbocycles. The number of nitrogens with one attached hydrogen (secondary N) is 1. The minimum atomic E-state index is -0.158. The van der Waals surface area contributed by atoms with Gasteiger partial charge in [-0.15, -0.1) is 0 Å².